The van der Waals surface area contributed by atoms with Crippen LogP contribution < -0.4 is 10.1 Å². The molecule has 1 aliphatic rings. The Morgan fingerprint density at radius 3 is 2.37 bits per heavy atom. The number of amides is 2. The van der Waals surface area contributed by atoms with E-state index in [4.69, 9.17) is 9.47 Å². The van der Waals surface area contributed by atoms with Crippen molar-refractivity contribution in [2.24, 2.45) is 0 Å². The minimum absolute atomic E-state index is 0.0306. The number of anilines is 1. The van der Waals surface area contributed by atoms with E-state index in [2.05, 4.69) is 12.2 Å². The Labute approximate surface area is 181 Å². The predicted octanol–water partition coefficient (Wildman–Crippen LogP) is 4.78. The van der Waals surface area contributed by atoms with Crippen molar-refractivity contribution in [1.82, 2.24) is 4.90 Å². The highest BCUT2D eigenvalue weighted by atomic mass is 16.5. The van der Waals surface area contributed by atoms with Crippen molar-refractivity contribution in [1.29, 1.82) is 0 Å². The number of benzene rings is 1. The van der Waals surface area contributed by atoms with E-state index in [1.807, 2.05) is 18.7 Å². The molecule has 0 saturated carbocycles. The number of nitrogens with one attached hydrogen (secondary N) is 1. The second-order valence-electron chi connectivity index (χ2n) is 8.25. The minimum atomic E-state index is -0.832. The summed E-state index contributed by atoms with van der Waals surface area (Å²) in [6, 6.07) is 7.15. The van der Waals surface area contributed by atoms with Gasteiger partial charge in [0.2, 0.25) is 0 Å². The molecule has 2 amide bonds. The van der Waals surface area contributed by atoms with Crippen LogP contribution in [0.15, 0.2) is 24.3 Å². The summed E-state index contributed by atoms with van der Waals surface area (Å²) in [5, 5.41) is 2.97. The van der Waals surface area contributed by atoms with E-state index in [-0.39, 0.29) is 18.4 Å². The summed E-state index contributed by atoms with van der Waals surface area (Å²) in [6.45, 7) is 8.32. The number of unbranched alkanes of at least 4 members (excludes halogenated alkanes) is 2. The first-order valence-electron chi connectivity index (χ1n) is 11.4. The van der Waals surface area contributed by atoms with Crippen molar-refractivity contribution in [3.63, 3.8) is 0 Å². The molecule has 1 heterocycles. The van der Waals surface area contributed by atoms with Crippen LogP contribution in [0.1, 0.15) is 72.1 Å². The molecule has 1 N–H and O–H groups in total. The highest BCUT2D eigenvalue weighted by molar-refractivity contribution is 5.97. The standard InChI is InChI=1S/C24H38N2O4/c1-4-6-8-15-24(3,30-18-5-2)23(28)25-20-11-13-21(14-12-20)29-19-22(27)26-16-9-7-10-17-26/h11-14H,4-10,15-19H2,1-3H3,(H,25,28)/t24-/m0/s1. The first-order valence-corrected chi connectivity index (χ1v) is 11.4. The number of rotatable bonds is 12. The maximum absolute atomic E-state index is 12.9. The van der Waals surface area contributed by atoms with Crippen LogP contribution >= 0.6 is 0 Å². The summed E-state index contributed by atoms with van der Waals surface area (Å²) in [6.07, 6.45) is 8.05. The Kier molecular flexibility index (Phi) is 10.1. The third-order valence-electron chi connectivity index (χ3n) is 5.55. The molecule has 6 heteroatoms. The van der Waals surface area contributed by atoms with Gasteiger partial charge in [0.25, 0.3) is 11.8 Å². The van der Waals surface area contributed by atoms with Crippen LogP contribution in [0.4, 0.5) is 5.69 Å². The normalized spacial score (nSPS) is 16.0. The van der Waals surface area contributed by atoms with Gasteiger partial charge in [0, 0.05) is 25.4 Å². The number of carbonyl (C=O) groups is 2. The van der Waals surface area contributed by atoms with Gasteiger partial charge in [-0.15, -0.1) is 0 Å². The molecule has 1 atom stereocenters. The summed E-state index contributed by atoms with van der Waals surface area (Å²) < 4.78 is 11.6. The Bertz CT molecular complexity index is 656. The monoisotopic (exact) mass is 418 g/mol. The third-order valence-corrected chi connectivity index (χ3v) is 5.55. The van der Waals surface area contributed by atoms with Gasteiger partial charge in [-0.25, -0.2) is 0 Å². The van der Waals surface area contributed by atoms with Crippen molar-refractivity contribution in [3.8, 4) is 5.75 Å². The topological polar surface area (TPSA) is 67.9 Å². The molecule has 2 rings (SSSR count). The molecule has 1 fully saturated rings. The zero-order chi connectivity index (χ0) is 21.8. The number of likely N-dealkylation sites (tertiary alicyclic amines) is 1. The lowest BCUT2D eigenvalue weighted by atomic mass is 9.96. The number of hydrogen-bond donors (Lipinski definition) is 1. The van der Waals surface area contributed by atoms with Gasteiger partial charge in [0.15, 0.2) is 6.61 Å². The SMILES string of the molecule is CCCCC[C@](C)(OCCC)C(=O)Nc1ccc(OCC(=O)N2CCCCC2)cc1. The molecule has 6 nitrogen and oxygen atoms in total. The molecule has 1 aromatic rings. The molecular weight excluding hydrogens is 380 g/mol. The van der Waals surface area contributed by atoms with Crippen LogP contribution in [0.5, 0.6) is 5.75 Å². The summed E-state index contributed by atoms with van der Waals surface area (Å²) in [5.74, 6) is 0.523. The number of piperidine rings is 1. The quantitative estimate of drug-likeness (QED) is 0.496. The zero-order valence-electron chi connectivity index (χ0n) is 18.9. The first kappa shape index (κ1) is 24.2. The van der Waals surface area contributed by atoms with Gasteiger partial charge in [-0.2, -0.15) is 0 Å². The Hall–Kier alpha value is -2.08. The van der Waals surface area contributed by atoms with Crippen LogP contribution in [-0.2, 0) is 14.3 Å². The van der Waals surface area contributed by atoms with E-state index in [0.29, 0.717) is 24.5 Å². The maximum Gasteiger partial charge on any atom is 0.260 e. The molecule has 1 aromatic carbocycles. The lowest BCUT2D eigenvalue weighted by Gasteiger charge is -2.29. The average Bonchev–Trinajstić information content (AvgIpc) is 2.77. The van der Waals surface area contributed by atoms with Gasteiger partial charge in [-0.05, 0) is 63.3 Å². The Morgan fingerprint density at radius 1 is 1.03 bits per heavy atom. The van der Waals surface area contributed by atoms with Crippen molar-refractivity contribution >= 4 is 17.5 Å². The van der Waals surface area contributed by atoms with Crippen LogP contribution in [0, 0.1) is 0 Å². The van der Waals surface area contributed by atoms with Crippen molar-refractivity contribution in [3.05, 3.63) is 24.3 Å². The van der Waals surface area contributed by atoms with E-state index < -0.39 is 5.60 Å². The number of carbonyl (C=O) groups excluding carboxylic acids is 2. The van der Waals surface area contributed by atoms with Crippen molar-refractivity contribution < 1.29 is 19.1 Å². The van der Waals surface area contributed by atoms with Crippen LogP contribution in [0.25, 0.3) is 0 Å². The van der Waals surface area contributed by atoms with Gasteiger partial charge < -0.3 is 19.7 Å². The van der Waals surface area contributed by atoms with E-state index in [0.717, 1.165) is 51.6 Å². The van der Waals surface area contributed by atoms with Crippen LogP contribution in [0.2, 0.25) is 0 Å². The van der Waals surface area contributed by atoms with E-state index in [1.165, 1.54) is 6.42 Å². The zero-order valence-corrected chi connectivity index (χ0v) is 18.9. The molecule has 0 unspecified atom stereocenters. The van der Waals surface area contributed by atoms with Crippen molar-refractivity contribution in [2.75, 3.05) is 31.6 Å². The minimum Gasteiger partial charge on any atom is -0.484 e. The van der Waals surface area contributed by atoms with Gasteiger partial charge in [-0.1, -0.05) is 33.1 Å². The summed E-state index contributed by atoms with van der Waals surface area (Å²) in [7, 11) is 0. The average molecular weight is 419 g/mol. The van der Waals surface area contributed by atoms with Gasteiger partial charge in [-0.3, -0.25) is 9.59 Å². The van der Waals surface area contributed by atoms with E-state index >= 15 is 0 Å². The Morgan fingerprint density at radius 2 is 1.73 bits per heavy atom. The second-order valence-corrected chi connectivity index (χ2v) is 8.25. The second kappa shape index (κ2) is 12.6. The fourth-order valence-electron chi connectivity index (χ4n) is 3.57. The maximum atomic E-state index is 12.9. The van der Waals surface area contributed by atoms with Crippen LogP contribution in [-0.4, -0.2) is 48.6 Å². The Balaban J connectivity index is 1.87. The van der Waals surface area contributed by atoms with Gasteiger partial charge >= 0.3 is 0 Å². The molecule has 0 bridgehead atoms. The molecule has 30 heavy (non-hydrogen) atoms. The molecule has 0 aromatic heterocycles. The highest BCUT2D eigenvalue weighted by Crippen LogP contribution is 2.24. The lowest BCUT2D eigenvalue weighted by molar-refractivity contribution is -0.140. The molecule has 0 spiro atoms. The predicted molar refractivity (Wildman–Crippen MR) is 120 cm³/mol. The van der Waals surface area contributed by atoms with Gasteiger partial charge in [0.1, 0.15) is 11.4 Å². The van der Waals surface area contributed by atoms with E-state index in [1.54, 1.807) is 24.3 Å². The number of ether oxygens (including phenoxy) is 2. The lowest BCUT2D eigenvalue weighted by Crippen LogP contribution is -2.43. The summed E-state index contributed by atoms with van der Waals surface area (Å²) in [4.78, 5) is 27.0. The summed E-state index contributed by atoms with van der Waals surface area (Å²) >= 11 is 0. The van der Waals surface area contributed by atoms with Crippen LogP contribution in [0.3, 0.4) is 0 Å². The highest BCUT2D eigenvalue weighted by Gasteiger charge is 2.33. The molecule has 0 radical (unpaired) electrons. The first-order chi connectivity index (χ1) is 14.5. The third kappa shape index (κ3) is 7.63. The fourth-order valence-corrected chi connectivity index (χ4v) is 3.57. The fraction of sp³-hybridized carbons (Fsp3) is 0.667. The van der Waals surface area contributed by atoms with Crippen molar-refractivity contribution in [2.45, 2.75) is 77.7 Å². The number of hydrogen-bond acceptors (Lipinski definition) is 4. The molecule has 1 aliphatic heterocycles. The van der Waals surface area contributed by atoms with Gasteiger partial charge in [0.05, 0.1) is 0 Å². The largest absolute Gasteiger partial charge is 0.484 e. The molecular formula is C24H38N2O4. The molecule has 1 saturated heterocycles. The smallest absolute Gasteiger partial charge is 0.260 e. The molecule has 168 valence electrons. The number of nitrogens with zero attached hydrogens (tertiary/aromatic N) is 1. The summed E-state index contributed by atoms with van der Waals surface area (Å²) in [5.41, 5.74) is -0.141. The molecule has 0 aliphatic carbocycles. The van der Waals surface area contributed by atoms with E-state index in [9.17, 15) is 9.59 Å².